The Hall–Kier alpha value is -2.89. The van der Waals surface area contributed by atoms with E-state index in [9.17, 15) is 4.79 Å². The van der Waals surface area contributed by atoms with Crippen molar-refractivity contribution in [3.05, 3.63) is 47.5 Å². The average Bonchev–Trinajstić information content (AvgIpc) is 3.61. The van der Waals surface area contributed by atoms with Crippen LogP contribution in [0.4, 0.5) is 0 Å². The Morgan fingerprint density at radius 2 is 2.00 bits per heavy atom. The van der Waals surface area contributed by atoms with Crippen molar-refractivity contribution in [3.8, 4) is 11.5 Å². The number of nitrogens with zero attached hydrogens (tertiary/aromatic N) is 1. The molecule has 2 unspecified atom stereocenters. The number of nitrogens with one attached hydrogen (secondary N) is 1. The Balaban J connectivity index is 1.42. The number of methoxy groups -OCH3 is 2. The van der Waals surface area contributed by atoms with Crippen molar-refractivity contribution < 1.29 is 18.7 Å². The Morgan fingerprint density at radius 1 is 1.21 bits per heavy atom. The van der Waals surface area contributed by atoms with Crippen molar-refractivity contribution in [1.29, 1.82) is 0 Å². The van der Waals surface area contributed by atoms with Crippen LogP contribution in [-0.2, 0) is 6.54 Å². The fourth-order valence-electron chi connectivity index (χ4n) is 4.05. The molecule has 5 rings (SSSR count). The molecule has 1 aromatic carbocycles. The van der Waals surface area contributed by atoms with E-state index in [0.29, 0.717) is 35.6 Å². The lowest BCUT2D eigenvalue weighted by molar-refractivity contribution is 0.0711. The SMILES string of the molecule is COc1cc(OC)c2[nH]c(C(=O)N(Cc3ccc(C4CC4C)o3)C3CC3)cc2c1. The molecule has 0 saturated heterocycles. The molecule has 29 heavy (non-hydrogen) atoms. The van der Waals surface area contributed by atoms with Crippen molar-refractivity contribution in [1.82, 2.24) is 9.88 Å². The number of aromatic amines is 1. The first-order valence-electron chi connectivity index (χ1n) is 10.2. The molecule has 6 nitrogen and oxygen atoms in total. The van der Waals surface area contributed by atoms with E-state index in [0.717, 1.165) is 35.3 Å². The van der Waals surface area contributed by atoms with E-state index in [-0.39, 0.29) is 11.9 Å². The molecule has 0 spiro atoms. The largest absolute Gasteiger partial charge is 0.497 e. The number of hydrogen-bond donors (Lipinski definition) is 1. The zero-order chi connectivity index (χ0) is 20.1. The van der Waals surface area contributed by atoms with Gasteiger partial charge in [-0.25, -0.2) is 0 Å². The van der Waals surface area contributed by atoms with Gasteiger partial charge in [0.05, 0.1) is 26.3 Å². The molecule has 2 aliphatic carbocycles. The fourth-order valence-corrected chi connectivity index (χ4v) is 4.05. The predicted molar refractivity (Wildman–Crippen MR) is 110 cm³/mol. The maximum absolute atomic E-state index is 13.3. The summed E-state index contributed by atoms with van der Waals surface area (Å²) >= 11 is 0. The van der Waals surface area contributed by atoms with Crippen LogP contribution >= 0.6 is 0 Å². The molecule has 0 aliphatic heterocycles. The number of fused-ring (bicyclic) bond motifs is 1. The van der Waals surface area contributed by atoms with E-state index < -0.39 is 0 Å². The summed E-state index contributed by atoms with van der Waals surface area (Å²) in [5.74, 6) is 4.50. The fraction of sp³-hybridized carbons (Fsp3) is 0.435. The molecule has 2 aromatic heterocycles. The second kappa shape index (κ2) is 6.87. The second-order valence-corrected chi connectivity index (χ2v) is 8.26. The molecule has 2 fully saturated rings. The molecule has 2 heterocycles. The van der Waals surface area contributed by atoms with Crippen LogP contribution in [0.2, 0.25) is 0 Å². The van der Waals surface area contributed by atoms with Crippen molar-refractivity contribution in [2.75, 3.05) is 14.2 Å². The summed E-state index contributed by atoms with van der Waals surface area (Å²) < 4.78 is 16.9. The maximum atomic E-state index is 13.3. The van der Waals surface area contributed by atoms with E-state index in [1.807, 2.05) is 29.2 Å². The third kappa shape index (κ3) is 3.37. The van der Waals surface area contributed by atoms with Gasteiger partial charge in [0.2, 0.25) is 0 Å². The number of carbonyl (C=O) groups excluding carboxylic acids is 1. The highest BCUT2D eigenvalue weighted by Crippen LogP contribution is 2.47. The molecule has 0 radical (unpaired) electrons. The standard InChI is InChI=1S/C23H26N2O4/c1-13-8-18(13)20-7-6-16(29-20)12-25(15-4-5-15)23(26)19-10-14-9-17(27-2)11-21(28-3)22(14)24-19/h6-7,9-11,13,15,18,24H,4-5,8,12H2,1-3H3. The molecule has 1 amide bonds. The maximum Gasteiger partial charge on any atom is 0.270 e. The Kier molecular flexibility index (Phi) is 4.30. The highest BCUT2D eigenvalue weighted by atomic mass is 16.5. The molecule has 2 aliphatic rings. The van der Waals surface area contributed by atoms with Gasteiger partial charge >= 0.3 is 0 Å². The van der Waals surface area contributed by atoms with Crippen molar-refractivity contribution >= 4 is 16.8 Å². The van der Waals surface area contributed by atoms with Gasteiger partial charge in [-0.05, 0) is 49.4 Å². The lowest BCUT2D eigenvalue weighted by atomic mass is 10.2. The first kappa shape index (κ1) is 18.2. The number of furan rings is 1. The van der Waals surface area contributed by atoms with E-state index >= 15 is 0 Å². The van der Waals surface area contributed by atoms with Crippen LogP contribution in [-0.4, -0.2) is 36.1 Å². The zero-order valence-electron chi connectivity index (χ0n) is 17.0. The number of rotatable bonds is 7. The number of aromatic nitrogens is 1. The summed E-state index contributed by atoms with van der Waals surface area (Å²) in [5, 5.41) is 0.892. The first-order valence-corrected chi connectivity index (χ1v) is 10.2. The molecular formula is C23H26N2O4. The van der Waals surface area contributed by atoms with Crippen LogP contribution in [0.15, 0.2) is 34.7 Å². The molecule has 2 saturated carbocycles. The number of ether oxygens (including phenoxy) is 2. The van der Waals surface area contributed by atoms with Gasteiger partial charge in [-0.15, -0.1) is 0 Å². The normalized spacial score (nSPS) is 20.7. The monoisotopic (exact) mass is 394 g/mol. The number of carbonyl (C=O) groups is 1. The minimum atomic E-state index is -0.0116. The van der Waals surface area contributed by atoms with Crippen LogP contribution < -0.4 is 9.47 Å². The lowest BCUT2D eigenvalue weighted by Crippen LogP contribution is -2.32. The number of H-pyrrole nitrogens is 1. The van der Waals surface area contributed by atoms with Crippen LogP contribution in [0.1, 0.15) is 54.1 Å². The van der Waals surface area contributed by atoms with Gasteiger partial charge in [0.15, 0.2) is 0 Å². The van der Waals surface area contributed by atoms with Gasteiger partial charge in [0, 0.05) is 23.4 Å². The molecule has 3 aromatic rings. The molecule has 1 N–H and O–H groups in total. The summed E-state index contributed by atoms with van der Waals surface area (Å²) in [6.45, 7) is 2.74. The molecular weight excluding hydrogens is 368 g/mol. The van der Waals surface area contributed by atoms with Crippen molar-refractivity contribution in [2.45, 2.75) is 44.7 Å². The van der Waals surface area contributed by atoms with Gasteiger partial charge < -0.3 is 23.8 Å². The number of hydrogen-bond acceptors (Lipinski definition) is 4. The summed E-state index contributed by atoms with van der Waals surface area (Å²) in [6, 6.07) is 9.95. The average molecular weight is 394 g/mol. The molecule has 0 bridgehead atoms. The first-order chi connectivity index (χ1) is 14.1. The molecule has 2 atom stereocenters. The summed E-state index contributed by atoms with van der Waals surface area (Å²) in [7, 11) is 3.23. The third-order valence-electron chi connectivity index (χ3n) is 6.08. The van der Waals surface area contributed by atoms with E-state index in [4.69, 9.17) is 13.9 Å². The minimum Gasteiger partial charge on any atom is -0.497 e. The summed E-state index contributed by atoms with van der Waals surface area (Å²) in [6.07, 6.45) is 3.27. The second-order valence-electron chi connectivity index (χ2n) is 8.26. The lowest BCUT2D eigenvalue weighted by Gasteiger charge is -2.20. The van der Waals surface area contributed by atoms with E-state index in [1.54, 1.807) is 14.2 Å². The number of benzene rings is 1. The Morgan fingerprint density at radius 3 is 2.66 bits per heavy atom. The summed E-state index contributed by atoms with van der Waals surface area (Å²) in [5.41, 5.74) is 1.36. The van der Waals surface area contributed by atoms with Gasteiger partial charge in [-0.2, -0.15) is 0 Å². The van der Waals surface area contributed by atoms with Crippen LogP contribution in [0, 0.1) is 5.92 Å². The Labute approximate surface area is 169 Å². The van der Waals surface area contributed by atoms with Gasteiger partial charge in [-0.3, -0.25) is 4.79 Å². The molecule has 152 valence electrons. The van der Waals surface area contributed by atoms with Gasteiger partial charge in [0.1, 0.15) is 28.7 Å². The minimum absolute atomic E-state index is 0.0116. The van der Waals surface area contributed by atoms with Crippen molar-refractivity contribution in [2.24, 2.45) is 5.92 Å². The smallest absolute Gasteiger partial charge is 0.270 e. The quantitative estimate of drug-likeness (QED) is 0.630. The zero-order valence-corrected chi connectivity index (χ0v) is 17.0. The highest BCUT2D eigenvalue weighted by Gasteiger charge is 2.38. The van der Waals surface area contributed by atoms with Crippen LogP contribution in [0.3, 0.4) is 0 Å². The van der Waals surface area contributed by atoms with Crippen LogP contribution in [0.5, 0.6) is 11.5 Å². The number of amides is 1. The topological polar surface area (TPSA) is 67.7 Å². The van der Waals surface area contributed by atoms with Gasteiger partial charge in [0.25, 0.3) is 5.91 Å². The van der Waals surface area contributed by atoms with E-state index in [1.165, 1.54) is 6.42 Å². The molecule has 6 heteroatoms. The highest BCUT2D eigenvalue weighted by molar-refractivity contribution is 6.00. The third-order valence-corrected chi connectivity index (χ3v) is 6.08. The van der Waals surface area contributed by atoms with Gasteiger partial charge in [-0.1, -0.05) is 6.92 Å². The van der Waals surface area contributed by atoms with Crippen LogP contribution in [0.25, 0.3) is 10.9 Å². The van der Waals surface area contributed by atoms with Crippen molar-refractivity contribution in [3.63, 3.8) is 0 Å². The Bertz CT molecular complexity index is 1060. The van der Waals surface area contributed by atoms with E-state index in [2.05, 4.69) is 18.0 Å². The summed E-state index contributed by atoms with van der Waals surface area (Å²) in [4.78, 5) is 18.5. The predicted octanol–water partition coefficient (Wildman–Crippen LogP) is 4.71.